The SMILES string of the molecule is CCn1nc(C)c(N)c1NC(C)c1cccnc1. The van der Waals surface area contributed by atoms with Gasteiger partial charge in [-0.1, -0.05) is 6.07 Å². The average Bonchev–Trinajstić information content (AvgIpc) is 2.67. The van der Waals surface area contributed by atoms with Gasteiger partial charge in [-0.15, -0.1) is 0 Å². The molecule has 2 aromatic rings. The topological polar surface area (TPSA) is 68.8 Å². The number of pyridine rings is 1. The molecule has 0 saturated carbocycles. The van der Waals surface area contributed by atoms with Gasteiger partial charge in [0.25, 0.3) is 0 Å². The normalized spacial score (nSPS) is 12.4. The first-order valence-electron chi connectivity index (χ1n) is 6.12. The van der Waals surface area contributed by atoms with E-state index >= 15 is 0 Å². The highest BCUT2D eigenvalue weighted by Gasteiger charge is 2.14. The molecule has 5 nitrogen and oxygen atoms in total. The van der Waals surface area contributed by atoms with Crippen LogP contribution < -0.4 is 11.1 Å². The molecule has 96 valence electrons. The number of hydrogen-bond acceptors (Lipinski definition) is 4. The Hall–Kier alpha value is -2.04. The molecule has 0 amide bonds. The Bertz CT molecular complexity index is 518. The summed E-state index contributed by atoms with van der Waals surface area (Å²) in [5.41, 5.74) is 8.74. The molecule has 0 aromatic carbocycles. The van der Waals surface area contributed by atoms with E-state index in [0.717, 1.165) is 23.6 Å². The lowest BCUT2D eigenvalue weighted by molar-refractivity contribution is 0.651. The van der Waals surface area contributed by atoms with Crippen molar-refractivity contribution >= 4 is 11.5 Å². The predicted octanol–water partition coefficient (Wildman–Crippen LogP) is 2.36. The minimum Gasteiger partial charge on any atom is -0.394 e. The molecular weight excluding hydrogens is 226 g/mol. The summed E-state index contributed by atoms with van der Waals surface area (Å²) in [4.78, 5) is 4.12. The van der Waals surface area contributed by atoms with Gasteiger partial charge in [-0.25, -0.2) is 4.68 Å². The van der Waals surface area contributed by atoms with Crippen LogP contribution in [-0.4, -0.2) is 14.8 Å². The zero-order chi connectivity index (χ0) is 13.1. The molecule has 0 bridgehead atoms. The van der Waals surface area contributed by atoms with Crippen molar-refractivity contribution < 1.29 is 0 Å². The molecule has 1 unspecified atom stereocenters. The minimum absolute atomic E-state index is 0.141. The van der Waals surface area contributed by atoms with Crippen LogP contribution in [0.3, 0.4) is 0 Å². The zero-order valence-electron chi connectivity index (χ0n) is 11.0. The number of nitrogens with zero attached hydrogens (tertiary/aromatic N) is 3. The molecule has 2 aromatic heterocycles. The van der Waals surface area contributed by atoms with E-state index in [1.54, 1.807) is 6.20 Å². The first kappa shape index (κ1) is 12.4. The van der Waals surface area contributed by atoms with Crippen LogP contribution in [0.5, 0.6) is 0 Å². The van der Waals surface area contributed by atoms with Crippen LogP contribution in [0.2, 0.25) is 0 Å². The lowest BCUT2D eigenvalue weighted by atomic mass is 10.1. The lowest BCUT2D eigenvalue weighted by Crippen LogP contribution is -2.12. The molecule has 0 saturated heterocycles. The van der Waals surface area contributed by atoms with Crippen molar-refractivity contribution in [2.45, 2.75) is 33.4 Å². The molecule has 5 heteroatoms. The third kappa shape index (κ3) is 2.30. The number of nitrogen functional groups attached to an aromatic ring is 1. The average molecular weight is 245 g/mol. The third-order valence-corrected chi connectivity index (χ3v) is 3.01. The number of aromatic nitrogens is 3. The maximum Gasteiger partial charge on any atom is 0.148 e. The second-order valence-corrected chi connectivity index (χ2v) is 4.32. The summed E-state index contributed by atoms with van der Waals surface area (Å²) in [5, 5.41) is 7.79. The van der Waals surface area contributed by atoms with Crippen LogP contribution in [-0.2, 0) is 6.54 Å². The molecule has 0 fully saturated rings. The number of aryl methyl sites for hydroxylation is 2. The number of nitrogens with two attached hydrogens (primary N) is 1. The standard InChI is InChI=1S/C13H19N5/c1-4-18-13(12(14)10(3)17-18)16-9(2)11-6-5-7-15-8-11/h5-9,16H,4,14H2,1-3H3. The zero-order valence-corrected chi connectivity index (χ0v) is 11.0. The van der Waals surface area contributed by atoms with E-state index in [-0.39, 0.29) is 6.04 Å². The van der Waals surface area contributed by atoms with E-state index in [4.69, 9.17) is 5.73 Å². The number of nitrogens with one attached hydrogen (secondary N) is 1. The van der Waals surface area contributed by atoms with E-state index in [9.17, 15) is 0 Å². The van der Waals surface area contributed by atoms with Crippen molar-refractivity contribution in [3.05, 3.63) is 35.8 Å². The molecular formula is C13H19N5. The Morgan fingerprint density at radius 1 is 1.50 bits per heavy atom. The van der Waals surface area contributed by atoms with Gasteiger partial charge in [-0.05, 0) is 32.4 Å². The van der Waals surface area contributed by atoms with Gasteiger partial charge in [-0.3, -0.25) is 4.98 Å². The fourth-order valence-electron chi connectivity index (χ4n) is 1.90. The molecule has 3 N–H and O–H groups in total. The third-order valence-electron chi connectivity index (χ3n) is 3.01. The van der Waals surface area contributed by atoms with Crippen molar-refractivity contribution in [1.29, 1.82) is 0 Å². The fraction of sp³-hybridized carbons (Fsp3) is 0.385. The van der Waals surface area contributed by atoms with E-state index in [1.807, 2.05) is 36.9 Å². The second-order valence-electron chi connectivity index (χ2n) is 4.32. The molecule has 0 aliphatic carbocycles. The monoisotopic (exact) mass is 245 g/mol. The summed E-state index contributed by atoms with van der Waals surface area (Å²) < 4.78 is 1.89. The maximum atomic E-state index is 6.04. The van der Waals surface area contributed by atoms with Gasteiger partial charge >= 0.3 is 0 Å². The quantitative estimate of drug-likeness (QED) is 0.867. The van der Waals surface area contributed by atoms with Crippen LogP contribution in [0.1, 0.15) is 31.1 Å². The molecule has 2 heterocycles. The van der Waals surface area contributed by atoms with E-state index in [1.165, 1.54) is 0 Å². The predicted molar refractivity (Wildman–Crippen MR) is 73.3 cm³/mol. The van der Waals surface area contributed by atoms with Crippen LogP contribution >= 0.6 is 0 Å². The number of hydrogen-bond donors (Lipinski definition) is 2. The maximum absolute atomic E-state index is 6.04. The largest absolute Gasteiger partial charge is 0.394 e. The smallest absolute Gasteiger partial charge is 0.148 e. The van der Waals surface area contributed by atoms with Crippen LogP contribution in [0.4, 0.5) is 11.5 Å². The highest BCUT2D eigenvalue weighted by molar-refractivity contribution is 5.65. The van der Waals surface area contributed by atoms with Crippen molar-refractivity contribution in [3.8, 4) is 0 Å². The minimum atomic E-state index is 0.141. The molecule has 1 atom stereocenters. The Balaban J connectivity index is 2.24. The van der Waals surface area contributed by atoms with Gasteiger partial charge in [0.2, 0.25) is 0 Å². The second kappa shape index (κ2) is 5.08. The Morgan fingerprint density at radius 2 is 2.28 bits per heavy atom. The molecule has 0 radical (unpaired) electrons. The number of anilines is 2. The Morgan fingerprint density at radius 3 is 2.89 bits per heavy atom. The Kier molecular flexibility index (Phi) is 3.50. The van der Waals surface area contributed by atoms with E-state index in [2.05, 4.69) is 22.3 Å². The molecule has 2 rings (SSSR count). The molecule has 18 heavy (non-hydrogen) atoms. The first-order valence-corrected chi connectivity index (χ1v) is 6.12. The van der Waals surface area contributed by atoms with Gasteiger partial charge in [-0.2, -0.15) is 5.10 Å². The van der Waals surface area contributed by atoms with Crippen LogP contribution in [0.15, 0.2) is 24.5 Å². The fourth-order valence-corrected chi connectivity index (χ4v) is 1.90. The lowest BCUT2D eigenvalue weighted by Gasteiger charge is -2.16. The highest BCUT2D eigenvalue weighted by atomic mass is 15.3. The van der Waals surface area contributed by atoms with Crippen LogP contribution in [0, 0.1) is 6.92 Å². The summed E-state index contributed by atoms with van der Waals surface area (Å²) in [6.07, 6.45) is 3.62. The molecule has 0 aliphatic rings. The first-order chi connectivity index (χ1) is 8.63. The van der Waals surface area contributed by atoms with E-state index in [0.29, 0.717) is 5.69 Å². The summed E-state index contributed by atoms with van der Waals surface area (Å²) >= 11 is 0. The van der Waals surface area contributed by atoms with E-state index < -0.39 is 0 Å². The molecule has 0 spiro atoms. The highest BCUT2D eigenvalue weighted by Crippen LogP contribution is 2.26. The van der Waals surface area contributed by atoms with Gasteiger partial charge in [0.15, 0.2) is 0 Å². The van der Waals surface area contributed by atoms with Gasteiger partial charge in [0, 0.05) is 18.9 Å². The number of rotatable bonds is 4. The van der Waals surface area contributed by atoms with Gasteiger partial charge in [0.05, 0.1) is 17.4 Å². The Labute approximate surface area is 107 Å². The van der Waals surface area contributed by atoms with Crippen molar-refractivity contribution in [3.63, 3.8) is 0 Å². The summed E-state index contributed by atoms with van der Waals surface area (Å²) in [7, 11) is 0. The summed E-state index contributed by atoms with van der Waals surface area (Å²) in [6, 6.07) is 4.11. The van der Waals surface area contributed by atoms with Gasteiger partial charge < -0.3 is 11.1 Å². The molecule has 0 aliphatic heterocycles. The van der Waals surface area contributed by atoms with Gasteiger partial charge in [0.1, 0.15) is 5.82 Å². The summed E-state index contributed by atoms with van der Waals surface area (Å²) in [5.74, 6) is 0.881. The van der Waals surface area contributed by atoms with Crippen molar-refractivity contribution in [2.75, 3.05) is 11.1 Å². The van der Waals surface area contributed by atoms with Crippen LogP contribution in [0.25, 0.3) is 0 Å². The van der Waals surface area contributed by atoms with Crippen molar-refractivity contribution in [1.82, 2.24) is 14.8 Å². The summed E-state index contributed by atoms with van der Waals surface area (Å²) in [6.45, 7) is 6.84. The van der Waals surface area contributed by atoms with Crippen molar-refractivity contribution in [2.24, 2.45) is 0 Å².